The van der Waals surface area contributed by atoms with Crippen molar-refractivity contribution in [1.82, 2.24) is 0 Å². The van der Waals surface area contributed by atoms with Crippen molar-refractivity contribution < 1.29 is 0 Å². The molecule has 0 amide bonds. The van der Waals surface area contributed by atoms with Gasteiger partial charge in [0.05, 0.1) is 5.69 Å². The summed E-state index contributed by atoms with van der Waals surface area (Å²) in [5, 5.41) is 2.49. The van der Waals surface area contributed by atoms with Gasteiger partial charge in [0.2, 0.25) is 0 Å². The van der Waals surface area contributed by atoms with Gasteiger partial charge in [0.25, 0.3) is 0 Å². The number of benzene rings is 5. The van der Waals surface area contributed by atoms with Crippen molar-refractivity contribution in [1.29, 1.82) is 0 Å². The Balaban J connectivity index is 1.55. The number of para-hydroxylation sites is 1. The fraction of sp³-hybridized carbons (Fsp3) is 0.125. The van der Waals surface area contributed by atoms with E-state index in [1.807, 2.05) is 0 Å². The van der Waals surface area contributed by atoms with Crippen molar-refractivity contribution in [2.75, 3.05) is 4.90 Å². The zero-order chi connectivity index (χ0) is 22.6. The summed E-state index contributed by atoms with van der Waals surface area (Å²) >= 11 is 0. The largest absolute Gasteiger partial charge is 0.310 e. The molecule has 162 valence electrons. The van der Waals surface area contributed by atoms with Crippen molar-refractivity contribution in [2.24, 2.45) is 0 Å². The van der Waals surface area contributed by atoms with E-state index in [1.165, 1.54) is 33.2 Å². The van der Waals surface area contributed by atoms with Gasteiger partial charge in [-0.1, -0.05) is 105 Å². The summed E-state index contributed by atoms with van der Waals surface area (Å²) < 4.78 is 0. The number of anilines is 3. The monoisotopic (exact) mass is 427 g/mol. The molecule has 1 heteroatoms. The van der Waals surface area contributed by atoms with Gasteiger partial charge < -0.3 is 4.90 Å². The number of nitrogens with zero attached hydrogens (tertiary/aromatic N) is 1. The van der Waals surface area contributed by atoms with Gasteiger partial charge >= 0.3 is 0 Å². The first-order valence-corrected chi connectivity index (χ1v) is 11.8. The molecule has 1 unspecified atom stereocenters. The van der Waals surface area contributed by atoms with Gasteiger partial charge in [-0.2, -0.15) is 0 Å². The lowest BCUT2D eigenvalue weighted by Gasteiger charge is -2.27. The van der Waals surface area contributed by atoms with Crippen LogP contribution < -0.4 is 4.90 Å². The molecule has 0 spiro atoms. The zero-order valence-corrected chi connectivity index (χ0v) is 19.3. The van der Waals surface area contributed by atoms with E-state index in [2.05, 4.69) is 140 Å². The summed E-state index contributed by atoms with van der Waals surface area (Å²) in [5.74, 6) is 0.599. The van der Waals surface area contributed by atoms with Crippen molar-refractivity contribution in [3.63, 3.8) is 0 Å². The molecule has 0 saturated heterocycles. The number of fused-ring (bicyclic) bond motifs is 1. The molecule has 5 aromatic rings. The molecular weight excluding hydrogens is 398 g/mol. The second-order valence-electron chi connectivity index (χ2n) is 8.65. The van der Waals surface area contributed by atoms with Crippen molar-refractivity contribution in [2.45, 2.75) is 26.2 Å². The molecule has 0 bridgehead atoms. The smallest absolute Gasteiger partial charge is 0.0540 e. The third-order valence-corrected chi connectivity index (χ3v) is 6.57. The average Bonchev–Trinajstić information content (AvgIpc) is 2.90. The minimum Gasteiger partial charge on any atom is -0.310 e. The SMILES string of the molecule is CCC(C)c1ccc(-c2ccc(N(c3ccccc3)c3cccc4ccccc34)cc2)cc1. The topological polar surface area (TPSA) is 3.24 Å². The molecule has 0 aliphatic heterocycles. The highest BCUT2D eigenvalue weighted by molar-refractivity contribution is 5.98. The molecule has 0 aliphatic carbocycles. The van der Waals surface area contributed by atoms with Crippen LogP contribution in [0.5, 0.6) is 0 Å². The fourth-order valence-corrected chi connectivity index (χ4v) is 4.45. The van der Waals surface area contributed by atoms with Crippen LogP contribution in [0.25, 0.3) is 21.9 Å². The Kier molecular flexibility index (Phi) is 5.95. The molecule has 1 atom stereocenters. The highest BCUT2D eigenvalue weighted by Gasteiger charge is 2.15. The molecule has 1 nitrogen and oxygen atoms in total. The number of rotatable bonds is 6. The predicted molar refractivity (Wildman–Crippen MR) is 143 cm³/mol. The van der Waals surface area contributed by atoms with Gasteiger partial charge in [-0.3, -0.25) is 0 Å². The molecule has 0 fully saturated rings. The van der Waals surface area contributed by atoms with Gasteiger partial charge in [-0.15, -0.1) is 0 Å². The summed E-state index contributed by atoms with van der Waals surface area (Å²) in [5.41, 5.74) is 7.39. The second-order valence-corrected chi connectivity index (χ2v) is 8.65. The minimum absolute atomic E-state index is 0.599. The number of hydrogen-bond acceptors (Lipinski definition) is 1. The first-order chi connectivity index (χ1) is 16.2. The van der Waals surface area contributed by atoms with Gasteiger partial charge in [-0.05, 0) is 64.7 Å². The third kappa shape index (κ3) is 4.27. The summed E-state index contributed by atoms with van der Waals surface area (Å²) in [6.07, 6.45) is 1.16. The molecule has 33 heavy (non-hydrogen) atoms. The molecule has 0 saturated carbocycles. The molecule has 0 aromatic heterocycles. The van der Waals surface area contributed by atoms with Crippen molar-refractivity contribution in [3.8, 4) is 11.1 Å². The maximum Gasteiger partial charge on any atom is 0.0540 e. The Bertz CT molecular complexity index is 1330. The lowest BCUT2D eigenvalue weighted by atomic mass is 9.96. The molecule has 5 aromatic carbocycles. The summed E-state index contributed by atoms with van der Waals surface area (Å²) in [6.45, 7) is 4.53. The van der Waals surface area contributed by atoms with E-state index < -0.39 is 0 Å². The van der Waals surface area contributed by atoms with Gasteiger partial charge in [0.1, 0.15) is 0 Å². The Morgan fingerprint density at radius 3 is 1.85 bits per heavy atom. The van der Waals surface area contributed by atoms with Gasteiger partial charge in [0.15, 0.2) is 0 Å². The van der Waals surface area contributed by atoms with E-state index in [9.17, 15) is 0 Å². The predicted octanol–water partition coefficient (Wildman–Crippen LogP) is 9.49. The molecule has 0 aliphatic rings. The van der Waals surface area contributed by atoms with E-state index in [0.29, 0.717) is 5.92 Å². The number of hydrogen-bond donors (Lipinski definition) is 0. The first kappa shape index (κ1) is 21.0. The Morgan fingerprint density at radius 1 is 0.576 bits per heavy atom. The minimum atomic E-state index is 0.599. The first-order valence-electron chi connectivity index (χ1n) is 11.8. The molecular formula is C32H29N. The molecule has 5 rings (SSSR count). The normalized spacial score (nSPS) is 11.9. The fourth-order valence-electron chi connectivity index (χ4n) is 4.45. The highest BCUT2D eigenvalue weighted by Crippen LogP contribution is 2.39. The Labute approximate surface area is 197 Å². The van der Waals surface area contributed by atoms with E-state index in [0.717, 1.165) is 17.8 Å². The average molecular weight is 428 g/mol. The summed E-state index contributed by atoms with van der Waals surface area (Å²) in [7, 11) is 0. The summed E-state index contributed by atoms with van der Waals surface area (Å²) in [4.78, 5) is 2.35. The van der Waals surface area contributed by atoms with E-state index in [4.69, 9.17) is 0 Å². The Morgan fingerprint density at radius 2 is 1.15 bits per heavy atom. The quantitative estimate of drug-likeness (QED) is 0.261. The third-order valence-electron chi connectivity index (χ3n) is 6.57. The maximum absolute atomic E-state index is 2.35. The van der Waals surface area contributed by atoms with E-state index >= 15 is 0 Å². The van der Waals surface area contributed by atoms with Crippen LogP contribution in [0.2, 0.25) is 0 Å². The summed E-state index contributed by atoms with van der Waals surface area (Å²) in [6, 6.07) is 43.7. The van der Waals surface area contributed by atoms with Crippen LogP contribution in [0.3, 0.4) is 0 Å². The van der Waals surface area contributed by atoms with Gasteiger partial charge in [-0.25, -0.2) is 0 Å². The zero-order valence-electron chi connectivity index (χ0n) is 19.3. The Hall–Kier alpha value is -3.84. The van der Waals surface area contributed by atoms with Crippen molar-refractivity contribution in [3.05, 3.63) is 127 Å². The van der Waals surface area contributed by atoms with Crippen LogP contribution in [0.1, 0.15) is 31.7 Å². The standard InChI is InChI=1S/C32H29N/c1-3-24(2)25-16-18-26(19-17-25)27-20-22-30(23-21-27)33(29-12-5-4-6-13-29)32-15-9-11-28-10-7-8-14-31(28)32/h4-24H,3H2,1-2H3. The maximum atomic E-state index is 2.35. The molecule has 0 N–H and O–H groups in total. The lowest BCUT2D eigenvalue weighted by Crippen LogP contribution is -2.10. The van der Waals surface area contributed by atoms with E-state index in [-0.39, 0.29) is 0 Å². The van der Waals surface area contributed by atoms with Crippen LogP contribution >= 0.6 is 0 Å². The van der Waals surface area contributed by atoms with Crippen molar-refractivity contribution >= 4 is 27.8 Å². The van der Waals surface area contributed by atoms with Crippen LogP contribution in [0.4, 0.5) is 17.1 Å². The van der Waals surface area contributed by atoms with Crippen LogP contribution in [-0.2, 0) is 0 Å². The lowest BCUT2D eigenvalue weighted by molar-refractivity contribution is 0.734. The van der Waals surface area contributed by atoms with E-state index in [1.54, 1.807) is 0 Å². The highest BCUT2D eigenvalue weighted by atomic mass is 15.1. The van der Waals surface area contributed by atoms with Crippen LogP contribution in [0, 0.1) is 0 Å². The molecule has 0 radical (unpaired) electrons. The van der Waals surface area contributed by atoms with Crippen LogP contribution in [0.15, 0.2) is 121 Å². The van der Waals surface area contributed by atoms with Gasteiger partial charge in [0, 0.05) is 16.8 Å². The molecule has 0 heterocycles. The van der Waals surface area contributed by atoms with Crippen LogP contribution in [-0.4, -0.2) is 0 Å². The second kappa shape index (κ2) is 9.34.